The van der Waals surface area contributed by atoms with Gasteiger partial charge in [-0.1, -0.05) is 0 Å². The summed E-state index contributed by atoms with van der Waals surface area (Å²) in [5, 5.41) is 13.2. The van der Waals surface area contributed by atoms with Crippen molar-refractivity contribution in [1.29, 1.82) is 0 Å². The van der Waals surface area contributed by atoms with E-state index < -0.39 is 12.0 Å². The van der Waals surface area contributed by atoms with Gasteiger partial charge in [0.05, 0.1) is 0 Å². The van der Waals surface area contributed by atoms with Crippen LogP contribution in [0.15, 0.2) is 0 Å². The van der Waals surface area contributed by atoms with Gasteiger partial charge in [-0.2, -0.15) is 11.8 Å². The molecule has 1 fully saturated rings. The van der Waals surface area contributed by atoms with E-state index in [2.05, 4.69) is 15.5 Å². The minimum absolute atomic E-state index is 0.341. The van der Waals surface area contributed by atoms with Crippen LogP contribution >= 0.6 is 11.8 Å². The molecule has 7 heteroatoms. The normalized spacial score (nSPS) is 16.8. The SMILES string of the molecule is O=C(O)CNC(=O)NCCN1CCSCC1. The van der Waals surface area contributed by atoms with Gasteiger partial charge in [-0.3, -0.25) is 9.69 Å². The zero-order valence-corrected chi connectivity index (χ0v) is 9.89. The maximum Gasteiger partial charge on any atom is 0.323 e. The van der Waals surface area contributed by atoms with Crippen molar-refractivity contribution < 1.29 is 14.7 Å². The molecule has 0 radical (unpaired) electrons. The smallest absolute Gasteiger partial charge is 0.323 e. The zero-order chi connectivity index (χ0) is 11.8. The molecule has 1 aliphatic rings. The Morgan fingerprint density at radius 1 is 1.25 bits per heavy atom. The maximum atomic E-state index is 11.1. The number of amides is 2. The van der Waals surface area contributed by atoms with Crippen molar-refractivity contribution in [2.75, 3.05) is 44.2 Å². The molecule has 0 atom stereocenters. The average molecular weight is 247 g/mol. The number of carbonyl (C=O) groups is 2. The summed E-state index contributed by atoms with van der Waals surface area (Å²) in [6.07, 6.45) is 0. The molecular weight excluding hydrogens is 230 g/mol. The molecule has 92 valence electrons. The van der Waals surface area contributed by atoms with Gasteiger partial charge in [0.1, 0.15) is 6.54 Å². The van der Waals surface area contributed by atoms with E-state index in [1.807, 2.05) is 11.8 Å². The molecule has 0 spiro atoms. The first kappa shape index (κ1) is 13.1. The monoisotopic (exact) mass is 247 g/mol. The molecule has 6 nitrogen and oxygen atoms in total. The highest BCUT2D eigenvalue weighted by atomic mass is 32.2. The maximum absolute atomic E-state index is 11.1. The lowest BCUT2D eigenvalue weighted by atomic mass is 10.4. The summed E-state index contributed by atoms with van der Waals surface area (Å²) in [5.41, 5.74) is 0. The first-order valence-corrected chi connectivity index (χ1v) is 6.37. The third-order valence-corrected chi connectivity index (χ3v) is 3.16. The van der Waals surface area contributed by atoms with Gasteiger partial charge in [0.2, 0.25) is 0 Å². The number of carboxylic acid groups (broad SMARTS) is 1. The predicted octanol–water partition coefficient (Wildman–Crippen LogP) is -0.581. The van der Waals surface area contributed by atoms with E-state index in [-0.39, 0.29) is 6.54 Å². The predicted molar refractivity (Wildman–Crippen MR) is 62.8 cm³/mol. The fraction of sp³-hybridized carbons (Fsp3) is 0.778. The van der Waals surface area contributed by atoms with Crippen LogP contribution in [0.1, 0.15) is 0 Å². The molecule has 0 unspecified atom stereocenters. The van der Waals surface area contributed by atoms with E-state index in [0.717, 1.165) is 31.1 Å². The number of hydrogen-bond donors (Lipinski definition) is 3. The van der Waals surface area contributed by atoms with Crippen molar-refractivity contribution in [1.82, 2.24) is 15.5 Å². The lowest BCUT2D eigenvalue weighted by Gasteiger charge is -2.25. The minimum atomic E-state index is -1.04. The number of hydrogen-bond acceptors (Lipinski definition) is 4. The van der Waals surface area contributed by atoms with Crippen molar-refractivity contribution >= 4 is 23.8 Å². The van der Waals surface area contributed by atoms with Crippen molar-refractivity contribution in [3.8, 4) is 0 Å². The number of urea groups is 1. The van der Waals surface area contributed by atoms with Crippen LogP contribution < -0.4 is 10.6 Å². The Bertz CT molecular complexity index is 244. The van der Waals surface area contributed by atoms with Crippen LogP contribution in [0.2, 0.25) is 0 Å². The van der Waals surface area contributed by atoms with Crippen LogP contribution in [0, 0.1) is 0 Å². The summed E-state index contributed by atoms with van der Waals surface area (Å²) in [5.74, 6) is 1.25. The highest BCUT2D eigenvalue weighted by Crippen LogP contribution is 2.07. The van der Waals surface area contributed by atoms with Crippen LogP contribution in [0.5, 0.6) is 0 Å². The molecule has 3 N–H and O–H groups in total. The van der Waals surface area contributed by atoms with Gasteiger partial charge in [0.15, 0.2) is 0 Å². The van der Waals surface area contributed by atoms with E-state index in [0.29, 0.717) is 6.54 Å². The minimum Gasteiger partial charge on any atom is -0.480 e. The van der Waals surface area contributed by atoms with Crippen molar-refractivity contribution in [3.63, 3.8) is 0 Å². The Labute approximate surface area is 98.8 Å². The molecule has 0 bridgehead atoms. The lowest BCUT2D eigenvalue weighted by molar-refractivity contribution is -0.135. The summed E-state index contributed by atoms with van der Waals surface area (Å²) in [6, 6.07) is -0.422. The molecule has 0 aliphatic carbocycles. The molecule has 0 aromatic carbocycles. The van der Waals surface area contributed by atoms with E-state index in [1.54, 1.807) is 0 Å². The van der Waals surface area contributed by atoms with E-state index in [9.17, 15) is 9.59 Å². The van der Waals surface area contributed by atoms with Crippen molar-refractivity contribution in [2.24, 2.45) is 0 Å². The summed E-state index contributed by atoms with van der Waals surface area (Å²) in [7, 11) is 0. The topological polar surface area (TPSA) is 81.7 Å². The zero-order valence-electron chi connectivity index (χ0n) is 9.07. The van der Waals surface area contributed by atoms with Gasteiger partial charge in [-0.25, -0.2) is 4.79 Å². The number of nitrogens with one attached hydrogen (secondary N) is 2. The number of thioether (sulfide) groups is 1. The van der Waals surface area contributed by atoms with Gasteiger partial charge >= 0.3 is 12.0 Å². The fourth-order valence-corrected chi connectivity index (χ4v) is 2.35. The van der Waals surface area contributed by atoms with Crippen LogP contribution in [0.4, 0.5) is 4.79 Å². The molecule has 1 aliphatic heterocycles. The number of rotatable bonds is 5. The standard InChI is InChI=1S/C9H17N3O3S/c13-8(14)7-11-9(15)10-1-2-12-3-5-16-6-4-12/h1-7H2,(H,13,14)(H2,10,11,15). The number of aliphatic carboxylic acids is 1. The Kier molecular flexibility index (Phi) is 6.02. The molecule has 0 aromatic rings. The molecule has 1 rings (SSSR count). The third-order valence-electron chi connectivity index (χ3n) is 2.22. The summed E-state index contributed by atoms with van der Waals surface area (Å²) in [6.45, 7) is 3.15. The van der Waals surface area contributed by atoms with Gasteiger partial charge < -0.3 is 15.7 Å². The fourth-order valence-electron chi connectivity index (χ4n) is 1.37. The summed E-state index contributed by atoms with van der Waals surface area (Å²) < 4.78 is 0. The molecule has 1 heterocycles. The second-order valence-corrected chi connectivity index (χ2v) is 4.68. The highest BCUT2D eigenvalue weighted by Gasteiger charge is 2.10. The van der Waals surface area contributed by atoms with Crippen molar-refractivity contribution in [3.05, 3.63) is 0 Å². The first-order valence-electron chi connectivity index (χ1n) is 5.22. The third kappa shape index (κ3) is 5.82. The van der Waals surface area contributed by atoms with Crippen LogP contribution in [-0.4, -0.2) is 66.2 Å². The second kappa shape index (κ2) is 7.34. The number of carbonyl (C=O) groups excluding carboxylic acids is 1. The van der Waals surface area contributed by atoms with Crippen LogP contribution in [0.3, 0.4) is 0 Å². The molecule has 2 amide bonds. The van der Waals surface area contributed by atoms with Gasteiger partial charge in [0.25, 0.3) is 0 Å². The lowest BCUT2D eigenvalue weighted by Crippen LogP contribution is -2.43. The van der Waals surface area contributed by atoms with Gasteiger partial charge in [-0.15, -0.1) is 0 Å². The Hall–Kier alpha value is -0.950. The van der Waals surface area contributed by atoms with E-state index in [1.165, 1.54) is 0 Å². The average Bonchev–Trinajstić information content (AvgIpc) is 2.28. The van der Waals surface area contributed by atoms with Crippen molar-refractivity contribution in [2.45, 2.75) is 0 Å². The Balaban J connectivity index is 2.01. The quantitative estimate of drug-likeness (QED) is 0.605. The van der Waals surface area contributed by atoms with Gasteiger partial charge in [0, 0.05) is 37.7 Å². The molecular formula is C9H17N3O3S. The van der Waals surface area contributed by atoms with Gasteiger partial charge in [-0.05, 0) is 0 Å². The number of carboxylic acids is 1. The second-order valence-electron chi connectivity index (χ2n) is 3.46. The Morgan fingerprint density at radius 3 is 2.56 bits per heavy atom. The van der Waals surface area contributed by atoms with Crippen LogP contribution in [-0.2, 0) is 4.79 Å². The molecule has 1 saturated heterocycles. The number of nitrogens with zero attached hydrogens (tertiary/aromatic N) is 1. The summed E-state index contributed by atoms with van der Waals surface area (Å²) >= 11 is 1.94. The Morgan fingerprint density at radius 2 is 1.94 bits per heavy atom. The van der Waals surface area contributed by atoms with E-state index >= 15 is 0 Å². The molecule has 0 aromatic heterocycles. The largest absolute Gasteiger partial charge is 0.480 e. The summed E-state index contributed by atoms with van der Waals surface area (Å²) in [4.78, 5) is 23.5. The first-order chi connectivity index (χ1) is 7.68. The van der Waals surface area contributed by atoms with E-state index in [4.69, 9.17) is 5.11 Å². The molecule has 16 heavy (non-hydrogen) atoms. The highest BCUT2D eigenvalue weighted by molar-refractivity contribution is 7.99. The van der Waals surface area contributed by atoms with Crippen LogP contribution in [0.25, 0.3) is 0 Å². The molecule has 0 saturated carbocycles.